The van der Waals surface area contributed by atoms with Crippen molar-refractivity contribution < 1.29 is 19.1 Å². The van der Waals surface area contributed by atoms with Crippen molar-refractivity contribution >= 4 is 12.1 Å². The molecule has 0 heterocycles. The van der Waals surface area contributed by atoms with E-state index in [1.54, 1.807) is 40.7 Å². The van der Waals surface area contributed by atoms with Crippen molar-refractivity contribution in [1.29, 1.82) is 0 Å². The minimum Gasteiger partial charge on any atom is -0.466 e. The molecular formula is C12H21NO4. The van der Waals surface area contributed by atoms with Gasteiger partial charge in [0.15, 0.2) is 0 Å². The van der Waals surface area contributed by atoms with E-state index in [1.807, 2.05) is 0 Å². The summed E-state index contributed by atoms with van der Waals surface area (Å²) in [6, 6.07) is -0.302. The molecule has 0 spiro atoms. The van der Waals surface area contributed by atoms with Gasteiger partial charge in [0.25, 0.3) is 0 Å². The van der Waals surface area contributed by atoms with Gasteiger partial charge in [-0.2, -0.15) is 0 Å². The third kappa shape index (κ3) is 7.38. The number of hydrogen-bond acceptors (Lipinski definition) is 4. The minimum absolute atomic E-state index is 0.302. The molecular weight excluding hydrogens is 222 g/mol. The molecule has 0 aromatic rings. The van der Waals surface area contributed by atoms with Crippen LogP contribution in [0, 0.1) is 0 Å². The lowest BCUT2D eigenvalue weighted by molar-refractivity contribution is -0.136. The third-order valence-corrected chi connectivity index (χ3v) is 1.75. The molecule has 1 amide bonds. The summed E-state index contributed by atoms with van der Waals surface area (Å²) < 4.78 is 9.63. The number of alkyl carbamates (subject to hydrolysis) is 1. The Morgan fingerprint density at radius 2 is 1.82 bits per heavy atom. The first-order chi connectivity index (χ1) is 7.65. The van der Waals surface area contributed by atoms with Gasteiger partial charge in [-0.15, -0.1) is 0 Å². The number of hydrogen-bond donors (Lipinski definition) is 1. The lowest BCUT2D eigenvalue weighted by Gasteiger charge is -2.21. The highest BCUT2D eigenvalue weighted by Crippen LogP contribution is 2.07. The smallest absolute Gasteiger partial charge is 0.408 e. The van der Waals surface area contributed by atoms with Crippen LogP contribution in [0.1, 0.15) is 34.6 Å². The predicted octanol–water partition coefficient (Wildman–Crippen LogP) is 2.02. The Morgan fingerprint density at radius 3 is 2.24 bits per heavy atom. The molecule has 0 aliphatic carbocycles. The summed E-state index contributed by atoms with van der Waals surface area (Å²) in [5.41, 5.74) is -0.0960. The highest BCUT2D eigenvalue weighted by molar-refractivity contribution is 5.87. The van der Waals surface area contributed by atoms with Crippen LogP contribution in [0.25, 0.3) is 0 Å². The van der Waals surface area contributed by atoms with E-state index in [0.29, 0.717) is 5.57 Å². The maximum Gasteiger partial charge on any atom is 0.408 e. The predicted molar refractivity (Wildman–Crippen MR) is 64.6 cm³/mol. The van der Waals surface area contributed by atoms with Gasteiger partial charge in [-0.1, -0.05) is 6.08 Å². The van der Waals surface area contributed by atoms with E-state index in [-0.39, 0.29) is 6.04 Å². The molecule has 0 bridgehead atoms. The summed E-state index contributed by atoms with van der Waals surface area (Å²) in [4.78, 5) is 22.5. The summed E-state index contributed by atoms with van der Waals surface area (Å²) in [6.45, 7) is 8.72. The number of ether oxygens (including phenoxy) is 2. The summed E-state index contributed by atoms with van der Waals surface area (Å²) in [5, 5.41) is 2.60. The number of esters is 1. The van der Waals surface area contributed by atoms with Crippen LogP contribution in [0.5, 0.6) is 0 Å². The van der Waals surface area contributed by atoms with Crippen molar-refractivity contribution in [2.24, 2.45) is 0 Å². The molecule has 0 fully saturated rings. The minimum atomic E-state index is -0.537. The van der Waals surface area contributed by atoms with Gasteiger partial charge >= 0.3 is 12.1 Å². The molecule has 0 saturated carbocycles. The summed E-state index contributed by atoms with van der Waals surface area (Å²) in [7, 11) is 1.31. The van der Waals surface area contributed by atoms with Crippen LogP contribution in [0.4, 0.5) is 4.79 Å². The zero-order valence-corrected chi connectivity index (χ0v) is 11.3. The SMILES string of the molecule is COC(=O)/C(C)=C\[C@@H](C)NC(=O)OC(C)(C)C. The fraction of sp³-hybridized carbons (Fsp3) is 0.667. The van der Waals surface area contributed by atoms with Crippen molar-refractivity contribution in [3.05, 3.63) is 11.6 Å². The van der Waals surface area contributed by atoms with Crippen molar-refractivity contribution in [2.75, 3.05) is 7.11 Å². The maximum absolute atomic E-state index is 11.4. The van der Waals surface area contributed by atoms with Gasteiger partial charge in [-0.3, -0.25) is 0 Å². The van der Waals surface area contributed by atoms with Gasteiger partial charge in [0.05, 0.1) is 7.11 Å². The van der Waals surface area contributed by atoms with E-state index in [4.69, 9.17) is 4.74 Å². The molecule has 5 heteroatoms. The Labute approximate surface area is 102 Å². The van der Waals surface area contributed by atoms with Gasteiger partial charge in [0, 0.05) is 11.6 Å². The van der Waals surface area contributed by atoms with Crippen molar-refractivity contribution in [3.8, 4) is 0 Å². The van der Waals surface area contributed by atoms with Crippen molar-refractivity contribution in [2.45, 2.75) is 46.3 Å². The third-order valence-electron chi connectivity index (χ3n) is 1.75. The van der Waals surface area contributed by atoms with E-state index < -0.39 is 17.7 Å². The summed E-state index contributed by atoms with van der Waals surface area (Å²) >= 11 is 0. The second kappa shape index (κ2) is 6.27. The lowest BCUT2D eigenvalue weighted by atomic mass is 10.2. The van der Waals surface area contributed by atoms with E-state index in [0.717, 1.165) is 0 Å². The standard InChI is InChI=1S/C12H21NO4/c1-8(10(14)16-6)7-9(2)13-11(15)17-12(3,4)5/h7,9H,1-6H3,(H,13,15)/b8-7-/t9-/m1/s1. The van der Waals surface area contributed by atoms with Gasteiger partial charge in [-0.05, 0) is 34.6 Å². The monoisotopic (exact) mass is 243 g/mol. The molecule has 0 aromatic heterocycles. The molecule has 98 valence electrons. The van der Waals surface area contributed by atoms with Gasteiger partial charge in [0.1, 0.15) is 5.60 Å². The van der Waals surface area contributed by atoms with Crippen LogP contribution in [-0.2, 0) is 14.3 Å². The van der Waals surface area contributed by atoms with Crippen LogP contribution < -0.4 is 5.32 Å². The molecule has 1 N–H and O–H groups in total. The Kier molecular flexibility index (Phi) is 5.71. The first-order valence-corrected chi connectivity index (χ1v) is 5.42. The Morgan fingerprint density at radius 1 is 1.29 bits per heavy atom. The molecule has 1 atom stereocenters. The molecule has 0 saturated heterocycles. The zero-order chi connectivity index (χ0) is 13.6. The molecule has 0 aliphatic heterocycles. The Balaban J connectivity index is 4.32. The fourth-order valence-corrected chi connectivity index (χ4v) is 1.14. The van der Waals surface area contributed by atoms with Crippen LogP contribution in [0.15, 0.2) is 11.6 Å². The summed E-state index contributed by atoms with van der Waals surface area (Å²) in [6.07, 6.45) is 1.09. The number of carbonyl (C=O) groups is 2. The lowest BCUT2D eigenvalue weighted by Crippen LogP contribution is -2.37. The number of carbonyl (C=O) groups excluding carboxylic acids is 2. The van der Waals surface area contributed by atoms with Crippen LogP contribution in [0.3, 0.4) is 0 Å². The highest BCUT2D eigenvalue weighted by atomic mass is 16.6. The molecule has 0 aromatic carbocycles. The first-order valence-electron chi connectivity index (χ1n) is 5.42. The first kappa shape index (κ1) is 15.5. The van der Waals surface area contributed by atoms with Gasteiger partial charge in [-0.25, -0.2) is 9.59 Å². The van der Waals surface area contributed by atoms with Crippen LogP contribution in [0.2, 0.25) is 0 Å². The molecule has 0 aliphatic rings. The maximum atomic E-state index is 11.4. The number of methoxy groups -OCH3 is 1. The summed E-state index contributed by atoms with van der Waals surface area (Å²) in [5.74, 6) is -0.414. The second-order valence-corrected chi connectivity index (χ2v) is 4.78. The topological polar surface area (TPSA) is 64.6 Å². The van der Waals surface area contributed by atoms with Crippen molar-refractivity contribution in [3.63, 3.8) is 0 Å². The average Bonchev–Trinajstić information content (AvgIpc) is 2.12. The van der Waals surface area contributed by atoms with Gasteiger partial charge in [0.2, 0.25) is 0 Å². The highest BCUT2D eigenvalue weighted by Gasteiger charge is 2.17. The van der Waals surface area contributed by atoms with Crippen molar-refractivity contribution in [1.82, 2.24) is 5.32 Å². The Bertz CT molecular complexity index is 315. The van der Waals surface area contributed by atoms with E-state index in [2.05, 4.69) is 10.1 Å². The molecule has 0 rings (SSSR count). The Hall–Kier alpha value is -1.52. The second-order valence-electron chi connectivity index (χ2n) is 4.78. The molecule has 17 heavy (non-hydrogen) atoms. The average molecular weight is 243 g/mol. The number of nitrogens with one attached hydrogen (secondary N) is 1. The molecule has 0 unspecified atom stereocenters. The van der Waals surface area contributed by atoms with Crippen LogP contribution >= 0.6 is 0 Å². The molecule has 5 nitrogen and oxygen atoms in total. The molecule has 0 radical (unpaired) electrons. The van der Waals surface area contributed by atoms with E-state index in [9.17, 15) is 9.59 Å². The number of amides is 1. The van der Waals surface area contributed by atoms with E-state index >= 15 is 0 Å². The van der Waals surface area contributed by atoms with Gasteiger partial charge < -0.3 is 14.8 Å². The zero-order valence-electron chi connectivity index (χ0n) is 11.3. The largest absolute Gasteiger partial charge is 0.466 e. The van der Waals surface area contributed by atoms with E-state index in [1.165, 1.54) is 7.11 Å². The normalized spacial score (nSPS) is 13.9. The number of rotatable bonds is 3. The fourth-order valence-electron chi connectivity index (χ4n) is 1.14. The van der Waals surface area contributed by atoms with Crippen LogP contribution in [-0.4, -0.2) is 30.8 Å². The quantitative estimate of drug-likeness (QED) is 0.608.